The maximum Gasteiger partial charge on any atom is 0.223 e. The molecule has 19 heavy (non-hydrogen) atoms. The minimum Gasteiger partial charge on any atom is -0.494 e. The van der Waals surface area contributed by atoms with Crippen LogP contribution in [0.15, 0.2) is 30.3 Å². The number of aromatic nitrogens is 2. The Morgan fingerprint density at radius 2 is 1.68 bits per heavy atom. The summed E-state index contributed by atoms with van der Waals surface area (Å²) in [4.78, 5) is 8.22. The molecule has 100 valence electrons. The number of nitrogens with zero attached hydrogens (tertiary/aromatic N) is 2. The van der Waals surface area contributed by atoms with Crippen LogP contribution in [-0.4, -0.2) is 23.2 Å². The fraction of sp³-hybridized carbons (Fsp3) is 0.286. The van der Waals surface area contributed by atoms with Crippen LogP contribution in [0.2, 0.25) is 0 Å². The standard InChI is InChI=1S/C14H17N3O2/c1-3-18-11-7-5-10(6-8-11)12-9-13(19-4-2)17-14(15)16-12/h5-9H,3-4H2,1-2H3,(H2,15,16,17). The minimum atomic E-state index is 0.204. The van der Waals surface area contributed by atoms with Gasteiger partial charge >= 0.3 is 0 Å². The molecule has 0 radical (unpaired) electrons. The van der Waals surface area contributed by atoms with Gasteiger partial charge in [0.25, 0.3) is 0 Å². The van der Waals surface area contributed by atoms with Gasteiger partial charge in [-0.25, -0.2) is 4.98 Å². The van der Waals surface area contributed by atoms with E-state index in [1.165, 1.54) is 0 Å². The average molecular weight is 259 g/mol. The van der Waals surface area contributed by atoms with Gasteiger partial charge in [-0.3, -0.25) is 0 Å². The van der Waals surface area contributed by atoms with Crippen molar-refractivity contribution in [2.75, 3.05) is 18.9 Å². The molecule has 5 nitrogen and oxygen atoms in total. The molecule has 0 amide bonds. The van der Waals surface area contributed by atoms with Crippen LogP contribution in [0.5, 0.6) is 11.6 Å². The van der Waals surface area contributed by atoms with Crippen LogP contribution in [0.3, 0.4) is 0 Å². The van der Waals surface area contributed by atoms with Crippen molar-refractivity contribution in [1.29, 1.82) is 0 Å². The second kappa shape index (κ2) is 6.04. The molecule has 5 heteroatoms. The average Bonchev–Trinajstić information content (AvgIpc) is 2.40. The third-order valence-corrected chi connectivity index (χ3v) is 2.47. The van der Waals surface area contributed by atoms with E-state index < -0.39 is 0 Å². The number of hydrogen-bond donors (Lipinski definition) is 1. The SMILES string of the molecule is CCOc1ccc(-c2cc(OCC)nc(N)n2)cc1. The monoisotopic (exact) mass is 259 g/mol. The van der Waals surface area contributed by atoms with Gasteiger partial charge in [0, 0.05) is 11.6 Å². The lowest BCUT2D eigenvalue weighted by atomic mass is 10.1. The molecule has 1 aromatic carbocycles. The van der Waals surface area contributed by atoms with E-state index >= 15 is 0 Å². The number of nitrogen functional groups attached to an aromatic ring is 1. The Labute approximate surface area is 112 Å². The van der Waals surface area contributed by atoms with Gasteiger partial charge in [0.1, 0.15) is 5.75 Å². The van der Waals surface area contributed by atoms with Crippen LogP contribution in [0.4, 0.5) is 5.95 Å². The number of nitrogens with two attached hydrogens (primary N) is 1. The zero-order valence-electron chi connectivity index (χ0n) is 11.1. The highest BCUT2D eigenvalue weighted by molar-refractivity contribution is 5.62. The molecule has 0 saturated carbocycles. The Hall–Kier alpha value is -2.30. The fourth-order valence-electron chi connectivity index (χ4n) is 1.70. The summed E-state index contributed by atoms with van der Waals surface area (Å²) in [5.41, 5.74) is 7.36. The first-order chi connectivity index (χ1) is 9.22. The van der Waals surface area contributed by atoms with Crippen molar-refractivity contribution in [3.8, 4) is 22.9 Å². The highest BCUT2D eigenvalue weighted by atomic mass is 16.5. The number of ether oxygens (including phenoxy) is 2. The van der Waals surface area contributed by atoms with Crippen molar-refractivity contribution >= 4 is 5.95 Å². The summed E-state index contributed by atoms with van der Waals surface area (Å²) < 4.78 is 10.8. The second-order valence-electron chi connectivity index (χ2n) is 3.84. The Bertz CT molecular complexity index is 541. The van der Waals surface area contributed by atoms with Gasteiger partial charge in [-0.1, -0.05) is 0 Å². The van der Waals surface area contributed by atoms with Crippen molar-refractivity contribution in [3.63, 3.8) is 0 Å². The van der Waals surface area contributed by atoms with E-state index in [1.807, 2.05) is 38.1 Å². The Balaban J connectivity index is 2.29. The smallest absolute Gasteiger partial charge is 0.223 e. The van der Waals surface area contributed by atoms with E-state index in [9.17, 15) is 0 Å². The number of rotatable bonds is 5. The van der Waals surface area contributed by atoms with E-state index in [-0.39, 0.29) is 5.95 Å². The first-order valence-electron chi connectivity index (χ1n) is 6.23. The van der Waals surface area contributed by atoms with Gasteiger partial charge in [-0.2, -0.15) is 4.98 Å². The Morgan fingerprint density at radius 3 is 2.32 bits per heavy atom. The molecule has 0 aliphatic rings. The highest BCUT2D eigenvalue weighted by Crippen LogP contribution is 2.24. The van der Waals surface area contributed by atoms with Crippen molar-refractivity contribution in [2.45, 2.75) is 13.8 Å². The first-order valence-corrected chi connectivity index (χ1v) is 6.23. The lowest BCUT2D eigenvalue weighted by molar-refractivity contribution is 0.327. The predicted octanol–water partition coefficient (Wildman–Crippen LogP) is 2.52. The number of anilines is 1. The van der Waals surface area contributed by atoms with Gasteiger partial charge < -0.3 is 15.2 Å². The van der Waals surface area contributed by atoms with E-state index in [0.29, 0.717) is 19.1 Å². The van der Waals surface area contributed by atoms with Crippen LogP contribution >= 0.6 is 0 Å². The van der Waals surface area contributed by atoms with Crippen molar-refractivity contribution in [2.24, 2.45) is 0 Å². The second-order valence-corrected chi connectivity index (χ2v) is 3.84. The maximum atomic E-state index is 5.68. The van der Waals surface area contributed by atoms with E-state index in [4.69, 9.17) is 15.2 Å². The molecule has 0 atom stereocenters. The number of benzene rings is 1. The first kappa shape index (κ1) is 13.1. The molecule has 2 aromatic rings. The summed E-state index contributed by atoms with van der Waals surface area (Å²) in [6.07, 6.45) is 0. The molecule has 2 N–H and O–H groups in total. The van der Waals surface area contributed by atoms with Crippen LogP contribution in [0.1, 0.15) is 13.8 Å². The van der Waals surface area contributed by atoms with Crippen molar-refractivity contribution in [3.05, 3.63) is 30.3 Å². The largest absolute Gasteiger partial charge is 0.494 e. The van der Waals surface area contributed by atoms with Crippen LogP contribution < -0.4 is 15.2 Å². The Morgan fingerprint density at radius 1 is 1.00 bits per heavy atom. The Kier molecular flexibility index (Phi) is 4.18. The van der Waals surface area contributed by atoms with Gasteiger partial charge in [0.15, 0.2) is 0 Å². The third kappa shape index (κ3) is 3.34. The summed E-state index contributed by atoms with van der Waals surface area (Å²) >= 11 is 0. The van der Waals surface area contributed by atoms with Gasteiger partial charge in [-0.05, 0) is 38.1 Å². The zero-order valence-corrected chi connectivity index (χ0v) is 11.1. The van der Waals surface area contributed by atoms with Gasteiger partial charge in [0.2, 0.25) is 11.8 Å². The quantitative estimate of drug-likeness (QED) is 0.893. The molecular weight excluding hydrogens is 242 g/mol. The minimum absolute atomic E-state index is 0.204. The number of hydrogen-bond acceptors (Lipinski definition) is 5. The molecule has 0 aliphatic heterocycles. The summed E-state index contributed by atoms with van der Waals surface area (Å²) in [6.45, 7) is 5.04. The fourth-order valence-corrected chi connectivity index (χ4v) is 1.70. The van der Waals surface area contributed by atoms with E-state index in [0.717, 1.165) is 17.0 Å². The molecule has 1 heterocycles. The molecule has 2 rings (SSSR count). The predicted molar refractivity (Wildman–Crippen MR) is 74.2 cm³/mol. The third-order valence-electron chi connectivity index (χ3n) is 2.47. The molecule has 0 spiro atoms. The molecule has 1 aromatic heterocycles. The lowest BCUT2D eigenvalue weighted by Crippen LogP contribution is -2.01. The van der Waals surface area contributed by atoms with Crippen LogP contribution in [0.25, 0.3) is 11.3 Å². The molecule has 0 fully saturated rings. The summed E-state index contributed by atoms with van der Waals surface area (Å²) in [5, 5.41) is 0. The molecule has 0 saturated heterocycles. The van der Waals surface area contributed by atoms with Gasteiger partial charge in [-0.15, -0.1) is 0 Å². The highest BCUT2D eigenvalue weighted by Gasteiger charge is 2.06. The van der Waals surface area contributed by atoms with E-state index in [2.05, 4.69) is 9.97 Å². The summed E-state index contributed by atoms with van der Waals surface area (Å²) in [6, 6.07) is 9.44. The summed E-state index contributed by atoms with van der Waals surface area (Å²) in [7, 11) is 0. The lowest BCUT2D eigenvalue weighted by Gasteiger charge is -2.07. The molecular formula is C14H17N3O2. The van der Waals surface area contributed by atoms with Crippen LogP contribution in [-0.2, 0) is 0 Å². The molecule has 0 aliphatic carbocycles. The summed E-state index contributed by atoms with van der Waals surface area (Å²) in [5.74, 6) is 1.52. The molecule has 0 bridgehead atoms. The molecule has 0 unspecified atom stereocenters. The topological polar surface area (TPSA) is 70.3 Å². The normalized spacial score (nSPS) is 10.2. The van der Waals surface area contributed by atoms with Crippen molar-refractivity contribution < 1.29 is 9.47 Å². The maximum absolute atomic E-state index is 5.68. The van der Waals surface area contributed by atoms with Crippen molar-refractivity contribution in [1.82, 2.24) is 9.97 Å². The van der Waals surface area contributed by atoms with Gasteiger partial charge in [0.05, 0.1) is 18.9 Å². The van der Waals surface area contributed by atoms with Crippen LogP contribution in [0, 0.1) is 0 Å². The van der Waals surface area contributed by atoms with E-state index in [1.54, 1.807) is 6.07 Å². The zero-order chi connectivity index (χ0) is 13.7.